The van der Waals surface area contributed by atoms with Gasteiger partial charge in [-0.05, 0) is 24.6 Å². The lowest BCUT2D eigenvalue weighted by Crippen LogP contribution is -2.44. The molecule has 0 saturated carbocycles. The molecule has 7 nitrogen and oxygen atoms in total. The Bertz CT molecular complexity index is 1120. The minimum Gasteiger partial charge on any atom is -0.343 e. The number of rotatable bonds is 6. The average Bonchev–Trinajstić information content (AvgIpc) is 2.95. The van der Waals surface area contributed by atoms with E-state index in [4.69, 9.17) is 5.26 Å². The molecule has 1 heterocycles. The van der Waals surface area contributed by atoms with Gasteiger partial charge in [0.15, 0.2) is 5.82 Å². The topological polar surface area (TPSA) is 104 Å². The van der Waals surface area contributed by atoms with Gasteiger partial charge in [0, 0.05) is 18.9 Å². The van der Waals surface area contributed by atoms with E-state index in [1.807, 2.05) is 0 Å². The maximum absolute atomic E-state index is 14.7. The molecule has 31 heavy (non-hydrogen) atoms. The first kappa shape index (κ1) is 26.4. The molecular formula is C17H17F5N4O3S2. The summed E-state index contributed by atoms with van der Waals surface area (Å²) < 4.78 is 93.4. The van der Waals surface area contributed by atoms with Crippen LogP contribution in [-0.4, -0.2) is 31.1 Å². The number of hydrogen-bond acceptors (Lipinski definition) is 4. The zero-order valence-corrected chi connectivity index (χ0v) is 17.8. The van der Waals surface area contributed by atoms with E-state index < -0.39 is 62.4 Å². The monoisotopic (exact) mass is 484 g/mol. The summed E-state index contributed by atoms with van der Waals surface area (Å²) in [6, 6.07) is 2.05. The fraction of sp³-hybridized carbons (Fsp3) is 0.294. The number of nitrogens with one attached hydrogen (secondary N) is 2. The highest BCUT2D eigenvalue weighted by Gasteiger charge is 2.42. The highest BCUT2D eigenvalue weighted by Crippen LogP contribution is 2.26. The van der Waals surface area contributed by atoms with E-state index in [2.05, 4.69) is 5.32 Å². The van der Waals surface area contributed by atoms with Crippen molar-refractivity contribution in [3.63, 3.8) is 0 Å². The molecule has 1 amide bonds. The van der Waals surface area contributed by atoms with Crippen LogP contribution in [0.3, 0.4) is 0 Å². The van der Waals surface area contributed by atoms with Crippen molar-refractivity contribution in [2.75, 3.05) is 5.32 Å². The average molecular weight is 484 g/mol. The van der Waals surface area contributed by atoms with Crippen molar-refractivity contribution in [3.8, 4) is 6.07 Å². The Balaban J connectivity index is 0.00000480. The standard InChI is InChI=1S/C17H15F5N4O3S.H2S/c1-3-13(17(20,21)22)25-30(28,29)12-8-26(2)15(14(12)19)16(27)24-10-4-5-11(18)9(6-10)7-23;/h4-6,8,13,25H,3H2,1-2H3,(H,24,27);1H2/t13-;/m0./s1. The molecule has 0 radical (unpaired) electrons. The number of anilines is 1. The molecule has 2 rings (SSSR count). The molecule has 14 heteroatoms. The van der Waals surface area contributed by atoms with Crippen LogP contribution in [0.2, 0.25) is 0 Å². The normalized spacial score (nSPS) is 12.6. The van der Waals surface area contributed by atoms with Gasteiger partial charge in [0.05, 0.1) is 5.56 Å². The molecule has 170 valence electrons. The van der Waals surface area contributed by atoms with E-state index in [1.165, 1.54) is 4.72 Å². The molecule has 1 aromatic heterocycles. The summed E-state index contributed by atoms with van der Waals surface area (Å²) >= 11 is 0. The fourth-order valence-corrected chi connectivity index (χ4v) is 3.96. The number of aryl methyl sites for hydroxylation is 1. The molecule has 0 unspecified atom stereocenters. The van der Waals surface area contributed by atoms with Gasteiger partial charge in [-0.15, -0.1) is 0 Å². The molecule has 0 aliphatic rings. The number of aromatic nitrogens is 1. The van der Waals surface area contributed by atoms with Crippen LogP contribution >= 0.6 is 13.5 Å². The molecule has 0 saturated heterocycles. The third-order valence-corrected chi connectivity index (χ3v) is 5.50. The van der Waals surface area contributed by atoms with E-state index in [0.29, 0.717) is 6.20 Å². The lowest BCUT2D eigenvalue weighted by atomic mass is 10.2. The van der Waals surface area contributed by atoms with Gasteiger partial charge in [0.1, 0.15) is 28.5 Å². The van der Waals surface area contributed by atoms with Crippen LogP contribution in [0.5, 0.6) is 0 Å². The Hall–Kier alpha value is -2.63. The van der Waals surface area contributed by atoms with Crippen molar-refractivity contribution < 1.29 is 35.2 Å². The Morgan fingerprint density at radius 1 is 1.29 bits per heavy atom. The third-order valence-electron chi connectivity index (χ3n) is 4.04. The third kappa shape index (κ3) is 5.75. The van der Waals surface area contributed by atoms with Crippen LogP contribution in [0.15, 0.2) is 29.3 Å². The fourth-order valence-electron chi connectivity index (χ4n) is 2.53. The van der Waals surface area contributed by atoms with Gasteiger partial charge in [-0.3, -0.25) is 4.79 Å². The van der Waals surface area contributed by atoms with Crippen LogP contribution in [-0.2, 0) is 17.1 Å². The first-order chi connectivity index (χ1) is 13.8. The maximum atomic E-state index is 14.7. The molecule has 2 aromatic rings. The lowest BCUT2D eigenvalue weighted by Gasteiger charge is -2.19. The summed E-state index contributed by atoms with van der Waals surface area (Å²) in [4.78, 5) is 11.2. The minimum absolute atomic E-state index is 0. The second-order valence-electron chi connectivity index (χ2n) is 6.15. The number of alkyl halides is 3. The molecule has 0 aliphatic heterocycles. The van der Waals surface area contributed by atoms with E-state index in [1.54, 1.807) is 6.07 Å². The number of amides is 1. The number of sulfonamides is 1. The van der Waals surface area contributed by atoms with Gasteiger partial charge in [-0.25, -0.2) is 17.2 Å². The van der Waals surface area contributed by atoms with E-state index in [9.17, 15) is 35.2 Å². The van der Waals surface area contributed by atoms with Crippen LogP contribution in [0, 0.1) is 23.0 Å². The molecule has 1 aromatic carbocycles. The predicted molar refractivity (Wildman–Crippen MR) is 105 cm³/mol. The summed E-state index contributed by atoms with van der Waals surface area (Å²) in [6.07, 6.45) is -4.87. The van der Waals surface area contributed by atoms with E-state index in [0.717, 1.165) is 36.7 Å². The van der Waals surface area contributed by atoms with Gasteiger partial charge >= 0.3 is 6.18 Å². The smallest absolute Gasteiger partial charge is 0.343 e. The van der Waals surface area contributed by atoms with Crippen molar-refractivity contribution in [3.05, 3.63) is 47.3 Å². The zero-order chi connectivity index (χ0) is 22.9. The largest absolute Gasteiger partial charge is 0.404 e. The zero-order valence-electron chi connectivity index (χ0n) is 16.0. The Morgan fingerprint density at radius 3 is 2.42 bits per heavy atom. The Kier molecular flexibility index (Phi) is 8.23. The van der Waals surface area contributed by atoms with Gasteiger partial charge in [-0.1, -0.05) is 6.92 Å². The molecule has 2 N–H and O–H groups in total. The minimum atomic E-state index is -4.95. The number of halogens is 5. The number of nitriles is 1. The van der Waals surface area contributed by atoms with Crippen molar-refractivity contribution in [1.82, 2.24) is 9.29 Å². The number of carbonyl (C=O) groups is 1. The molecule has 0 fully saturated rings. The molecular weight excluding hydrogens is 467 g/mol. The summed E-state index contributed by atoms with van der Waals surface area (Å²) in [5, 5.41) is 11.0. The van der Waals surface area contributed by atoms with Gasteiger partial charge in [0.2, 0.25) is 10.0 Å². The number of hydrogen-bond donors (Lipinski definition) is 2. The van der Waals surface area contributed by atoms with Crippen molar-refractivity contribution >= 4 is 35.1 Å². The quantitative estimate of drug-likeness (QED) is 0.615. The highest BCUT2D eigenvalue weighted by molar-refractivity contribution is 7.89. The van der Waals surface area contributed by atoms with Gasteiger partial charge in [-0.2, -0.15) is 36.7 Å². The molecule has 0 spiro atoms. The summed E-state index contributed by atoms with van der Waals surface area (Å²) in [5.41, 5.74) is -1.27. The molecule has 1 atom stereocenters. The van der Waals surface area contributed by atoms with Crippen LogP contribution in [0.25, 0.3) is 0 Å². The SMILES string of the molecule is CC[C@H](NS(=O)(=O)c1cn(C)c(C(=O)Nc2ccc(F)c(C#N)c2)c1F)C(F)(F)F.S. The highest BCUT2D eigenvalue weighted by atomic mass is 32.2. The maximum Gasteiger partial charge on any atom is 0.404 e. The lowest BCUT2D eigenvalue weighted by molar-refractivity contribution is -0.151. The van der Waals surface area contributed by atoms with Crippen molar-refractivity contribution in [2.45, 2.75) is 30.5 Å². The Labute approximate surface area is 181 Å². The van der Waals surface area contributed by atoms with Crippen LogP contribution in [0.1, 0.15) is 29.4 Å². The van der Waals surface area contributed by atoms with Crippen LogP contribution < -0.4 is 10.0 Å². The first-order valence-electron chi connectivity index (χ1n) is 8.26. The molecule has 0 bridgehead atoms. The number of nitrogens with zero attached hydrogens (tertiary/aromatic N) is 2. The summed E-state index contributed by atoms with van der Waals surface area (Å²) in [6.45, 7) is 1.10. The summed E-state index contributed by atoms with van der Waals surface area (Å²) in [7, 11) is -3.83. The van der Waals surface area contributed by atoms with Crippen LogP contribution in [0.4, 0.5) is 27.6 Å². The van der Waals surface area contributed by atoms with Crippen molar-refractivity contribution in [2.24, 2.45) is 7.05 Å². The van der Waals surface area contributed by atoms with Gasteiger partial charge in [0.25, 0.3) is 5.91 Å². The second kappa shape index (κ2) is 9.67. The summed E-state index contributed by atoms with van der Waals surface area (Å²) in [5.74, 6) is -3.58. The predicted octanol–water partition coefficient (Wildman–Crippen LogP) is 3.16. The first-order valence-corrected chi connectivity index (χ1v) is 9.75. The molecule has 0 aliphatic carbocycles. The second-order valence-corrected chi connectivity index (χ2v) is 7.83. The Morgan fingerprint density at radius 2 is 1.90 bits per heavy atom. The van der Waals surface area contributed by atoms with Crippen molar-refractivity contribution in [1.29, 1.82) is 5.26 Å². The van der Waals surface area contributed by atoms with E-state index in [-0.39, 0.29) is 19.2 Å². The van der Waals surface area contributed by atoms with Gasteiger partial charge < -0.3 is 9.88 Å². The van der Waals surface area contributed by atoms with E-state index >= 15 is 0 Å². The number of carbonyl (C=O) groups excluding carboxylic acids is 1. The number of benzene rings is 1.